The summed E-state index contributed by atoms with van der Waals surface area (Å²) >= 11 is 1.47. The van der Waals surface area contributed by atoms with Crippen molar-refractivity contribution in [1.82, 2.24) is 15.2 Å². The molecule has 4 aromatic rings. The number of thioether (sulfide) groups is 1. The third kappa shape index (κ3) is 6.05. The highest BCUT2D eigenvalue weighted by molar-refractivity contribution is 8.00. The van der Waals surface area contributed by atoms with Crippen LogP contribution in [0.1, 0.15) is 21.5 Å². The van der Waals surface area contributed by atoms with Crippen molar-refractivity contribution in [3.05, 3.63) is 102 Å². The predicted molar refractivity (Wildman–Crippen MR) is 134 cm³/mol. The lowest BCUT2D eigenvalue weighted by atomic mass is 10.1. The molecule has 174 valence electrons. The molecule has 0 spiro atoms. The normalized spacial score (nSPS) is 10.9. The van der Waals surface area contributed by atoms with Gasteiger partial charge in [-0.3, -0.25) is 9.59 Å². The van der Waals surface area contributed by atoms with Gasteiger partial charge in [0, 0.05) is 47.2 Å². The van der Waals surface area contributed by atoms with E-state index in [1.54, 1.807) is 12.1 Å². The summed E-state index contributed by atoms with van der Waals surface area (Å²) in [6.07, 6.45) is 2.03. The zero-order chi connectivity index (χ0) is 23.9. The standard InChI is InChI=1S/C27H26FN3O2S/c1-19-6-10-21(11-7-19)27(33)29-14-15-31-17-25(23-4-2-3-5-24(23)31)34-18-26(32)30-16-20-8-12-22(28)13-9-20/h2-13,17H,14-16,18H2,1H3,(H,29,33)(H,30,32). The molecule has 0 atom stereocenters. The van der Waals surface area contributed by atoms with Gasteiger partial charge in [0.15, 0.2) is 0 Å². The first kappa shape index (κ1) is 23.6. The SMILES string of the molecule is Cc1ccc(C(=O)NCCn2cc(SCC(=O)NCc3ccc(F)cc3)c3ccccc32)cc1. The summed E-state index contributed by atoms with van der Waals surface area (Å²) in [6.45, 7) is 3.47. The number of hydrogen-bond donors (Lipinski definition) is 2. The molecule has 0 saturated carbocycles. The first-order valence-electron chi connectivity index (χ1n) is 11.1. The Kier molecular flexibility index (Phi) is 7.65. The lowest BCUT2D eigenvalue weighted by Gasteiger charge is -2.08. The van der Waals surface area contributed by atoms with Gasteiger partial charge in [0.05, 0.1) is 5.75 Å². The molecule has 0 unspecified atom stereocenters. The number of fused-ring (bicyclic) bond motifs is 1. The number of aryl methyl sites for hydroxylation is 1. The number of rotatable bonds is 9. The van der Waals surface area contributed by atoms with Gasteiger partial charge in [-0.2, -0.15) is 0 Å². The Morgan fingerprint density at radius 3 is 2.44 bits per heavy atom. The van der Waals surface area contributed by atoms with Crippen molar-refractivity contribution in [2.75, 3.05) is 12.3 Å². The molecule has 0 saturated heterocycles. The monoisotopic (exact) mass is 475 g/mol. The smallest absolute Gasteiger partial charge is 0.251 e. The second-order valence-electron chi connectivity index (χ2n) is 8.02. The number of carbonyl (C=O) groups is 2. The number of para-hydroxylation sites is 1. The fourth-order valence-corrected chi connectivity index (χ4v) is 4.53. The second kappa shape index (κ2) is 11.0. The summed E-state index contributed by atoms with van der Waals surface area (Å²) < 4.78 is 15.1. The molecule has 7 heteroatoms. The summed E-state index contributed by atoms with van der Waals surface area (Å²) in [7, 11) is 0. The number of carbonyl (C=O) groups excluding carboxylic acids is 2. The zero-order valence-electron chi connectivity index (χ0n) is 18.9. The number of halogens is 1. The van der Waals surface area contributed by atoms with Crippen LogP contribution in [0, 0.1) is 12.7 Å². The Labute approximate surface area is 202 Å². The number of amides is 2. The lowest BCUT2D eigenvalue weighted by Crippen LogP contribution is -2.27. The van der Waals surface area contributed by atoms with Gasteiger partial charge in [-0.25, -0.2) is 4.39 Å². The topological polar surface area (TPSA) is 63.1 Å². The van der Waals surface area contributed by atoms with Gasteiger partial charge in [0.25, 0.3) is 5.91 Å². The van der Waals surface area contributed by atoms with Crippen molar-refractivity contribution >= 4 is 34.5 Å². The van der Waals surface area contributed by atoms with Gasteiger partial charge in [0.1, 0.15) is 5.82 Å². The minimum absolute atomic E-state index is 0.0866. The van der Waals surface area contributed by atoms with E-state index in [2.05, 4.69) is 15.2 Å². The van der Waals surface area contributed by atoms with Crippen molar-refractivity contribution in [2.45, 2.75) is 24.9 Å². The Balaban J connectivity index is 1.33. The molecule has 34 heavy (non-hydrogen) atoms. The van der Waals surface area contributed by atoms with Crippen LogP contribution in [0.25, 0.3) is 10.9 Å². The van der Waals surface area contributed by atoms with Gasteiger partial charge in [-0.05, 0) is 42.8 Å². The molecular weight excluding hydrogens is 449 g/mol. The molecule has 3 aromatic carbocycles. The van der Waals surface area contributed by atoms with Crippen LogP contribution in [0.5, 0.6) is 0 Å². The maximum absolute atomic E-state index is 13.0. The minimum Gasteiger partial charge on any atom is -0.351 e. The molecular formula is C27H26FN3O2S. The molecule has 5 nitrogen and oxygen atoms in total. The zero-order valence-corrected chi connectivity index (χ0v) is 19.7. The first-order valence-corrected chi connectivity index (χ1v) is 12.0. The van der Waals surface area contributed by atoms with Crippen molar-refractivity contribution in [3.8, 4) is 0 Å². The molecule has 0 fully saturated rings. The molecule has 2 amide bonds. The van der Waals surface area contributed by atoms with E-state index in [4.69, 9.17) is 0 Å². The molecule has 0 aliphatic carbocycles. The number of hydrogen-bond acceptors (Lipinski definition) is 3. The van der Waals surface area contributed by atoms with Gasteiger partial charge in [0.2, 0.25) is 5.91 Å². The molecule has 1 heterocycles. The van der Waals surface area contributed by atoms with Crippen LogP contribution < -0.4 is 10.6 Å². The number of benzene rings is 3. The second-order valence-corrected chi connectivity index (χ2v) is 9.03. The van der Waals surface area contributed by atoms with E-state index in [9.17, 15) is 14.0 Å². The van der Waals surface area contributed by atoms with Crippen molar-refractivity contribution in [1.29, 1.82) is 0 Å². The third-order valence-electron chi connectivity index (χ3n) is 5.47. The fourth-order valence-electron chi connectivity index (χ4n) is 3.61. The quantitative estimate of drug-likeness (QED) is 0.338. The highest BCUT2D eigenvalue weighted by Gasteiger charge is 2.11. The van der Waals surface area contributed by atoms with Crippen LogP contribution in [0.3, 0.4) is 0 Å². The van der Waals surface area contributed by atoms with Gasteiger partial charge in [-0.15, -0.1) is 11.8 Å². The van der Waals surface area contributed by atoms with Gasteiger partial charge in [-0.1, -0.05) is 48.0 Å². The molecule has 0 bridgehead atoms. The van der Waals surface area contributed by atoms with Crippen LogP contribution in [-0.4, -0.2) is 28.7 Å². The van der Waals surface area contributed by atoms with Crippen LogP contribution in [0.4, 0.5) is 4.39 Å². The number of aromatic nitrogens is 1. The highest BCUT2D eigenvalue weighted by Crippen LogP contribution is 2.29. The van der Waals surface area contributed by atoms with E-state index in [1.807, 2.05) is 61.7 Å². The summed E-state index contributed by atoms with van der Waals surface area (Å²) in [4.78, 5) is 25.7. The van der Waals surface area contributed by atoms with Gasteiger partial charge < -0.3 is 15.2 Å². The van der Waals surface area contributed by atoms with Crippen LogP contribution in [-0.2, 0) is 17.9 Å². The van der Waals surface area contributed by atoms with E-state index >= 15 is 0 Å². The lowest BCUT2D eigenvalue weighted by molar-refractivity contribution is -0.118. The Morgan fingerprint density at radius 2 is 1.68 bits per heavy atom. The number of nitrogens with zero attached hydrogens (tertiary/aromatic N) is 1. The van der Waals surface area contributed by atoms with E-state index in [-0.39, 0.29) is 23.4 Å². The average molecular weight is 476 g/mol. The third-order valence-corrected chi connectivity index (χ3v) is 6.51. The Morgan fingerprint density at radius 1 is 0.941 bits per heavy atom. The molecule has 4 rings (SSSR count). The van der Waals surface area contributed by atoms with Crippen LogP contribution in [0.2, 0.25) is 0 Å². The van der Waals surface area contributed by atoms with E-state index in [1.165, 1.54) is 23.9 Å². The fraction of sp³-hybridized carbons (Fsp3) is 0.185. The Hall–Kier alpha value is -3.58. The predicted octanol–water partition coefficient (Wildman–Crippen LogP) is 4.93. The molecule has 0 aliphatic rings. The van der Waals surface area contributed by atoms with E-state index in [0.29, 0.717) is 25.2 Å². The summed E-state index contributed by atoms with van der Waals surface area (Å²) in [6, 6.07) is 21.6. The average Bonchev–Trinajstić information content (AvgIpc) is 3.20. The van der Waals surface area contributed by atoms with Crippen molar-refractivity contribution < 1.29 is 14.0 Å². The Bertz CT molecular complexity index is 1280. The maximum Gasteiger partial charge on any atom is 0.251 e. The van der Waals surface area contributed by atoms with Crippen LogP contribution >= 0.6 is 11.8 Å². The summed E-state index contributed by atoms with van der Waals surface area (Å²) in [5.41, 5.74) is 3.67. The van der Waals surface area contributed by atoms with Gasteiger partial charge >= 0.3 is 0 Å². The molecule has 1 aromatic heterocycles. The molecule has 0 radical (unpaired) electrons. The van der Waals surface area contributed by atoms with Crippen molar-refractivity contribution in [3.63, 3.8) is 0 Å². The minimum atomic E-state index is -0.295. The first-order chi connectivity index (χ1) is 16.5. The van der Waals surface area contributed by atoms with E-state index < -0.39 is 0 Å². The molecule has 2 N–H and O–H groups in total. The number of nitrogens with one attached hydrogen (secondary N) is 2. The molecule has 0 aliphatic heterocycles. The largest absolute Gasteiger partial charge is 0.351 e. The maximum atomic E-state index is 13.0. The van der Waals surface area contributed by atoms with E-state index in [0.717, 1.165) is 26.9 Å². The summed E-state index contributed by atoms with van der Waals surface area (Å²) in [5, 5.41) is 6.92. The van der Waals surface area contributed by atoms with Crippen LogP contribution in [0.15, 0.2) is 83.9 Å². The highest BCUT2D eigenvalue weighted by atomic mass is 32.2. The summed E-state index contributed by atoms with van der Waals surface area (Å²) in [5.74, 6) is -0.198. The van der Waals surface area contributed by atoms with Crippen molar-refractivity contribution in [2.24, 2.45) is 0 Å².